The summed E-state index contributed by atoms with van der Waals surface area (Å²) in [6.45, 7) is 5.26. The lowest BCUT2D eigenvalue weighted by atomic mass is 9.46. The number of rotatable bonds is 7. The molecule has 0 saturated heterocycles. The molecule has 0 heterocycles. The van der Waals surface area contributed by atoms with E-state index >= 15 is 0 Å². The number of methoxy groups -OCH3 is 1. The molecule has 7 atom stereocenters. The number of carbonyl (C=O) groups excluding carboxylic acids is 3. The molecule has 0 radical (unpaired) electrons. The fourth-order valence-electron chi connectivity index (χ4n) is 7.80. The third kappa shape index (κ3) is 4.45. The maximum atomic E-state index is 13.8. The van der Waals surface area contributed by atoms with Gasteiger partial charge in [-0.3, -0.25) is 19.2 Å². The van der Waals surface area contributed by atoms with Crippen LogP contribution in [-0.2, 0) is 28.7 Å². The average Bonchev–Trinajstić information content (AvgIpc) is 3.13. The maximum Gasteiger partial charge on any atom is 0.306 e. The number of aliphatic imine (C=N–C) groups is 1. The number of carboxylic acids is 1. The van der Waals surface area contributed by atoms with E-state index in [4.69, 9.17) is 19.6 Å². The zero-order chi connectivity index (χ0) is 27.2. The third-order valence-electron chi connectivity index (χ3n) is 9.62. The van der Waals surface area contributed by atoms with Gasteiger partial charge in [-0.15, -0.1) is 0 Å². The van der Waals surface area contributed by atoms with Gasteiger partial charge in [-0.05, 0) is 43.6 Å². The van der Waals surface area contributed by atoms with Crippen molar-refractivity contribution in [2.45, 2.75) is 77.4 Å². The number of esters is 1. The quantitative estimate of drug-likeness (QED) is 0.228. The van der Waals surface area contributed by atoms with Crippen molar-refractivity contribution in [3.63, 3.8) is 0 Å². The molecule has 4 rings (SSSR count). The van der Waals surface area contributed by atoms with Crippen LogP contribution in [0.4, 0.5) is 0 Å². The molecule has 0 bridgehead atoms. The number of fused-ring (bicyclic) bond motifs is 5. The van der Waals surface area contributed by atoms with Crippen LogP contribution in [0.3, 0.4) is 0 Å². The number of aliphatic carboxylic acids is 1. The van der Waals surface area contributed by atoms with Gasteiger partial charge in [-0.1, -0.05) is 31.6 Å². The molecule has 0 aliphatic heterocycles. The Bertz CT molecular complexity index is 1090. The number of hydrogen-bond donors (Lipinski definition) is 2. The number of carbonyl (C=O) groups is 4. The van der Waals surface area contributed by atoms with Crippen molar-refractivity contribution in [1.29, 1.82) is 0 Å². The van der Waals surface area contributed by atoms with Gasteiger partial charge in [-0.25, -0.2) is 4.99 Å². The van der Waals surface area contributed by atoms with Gasteiger partial charge in [0.15, 0.2) is 24.1 Å². The predicted molar refractivity (Wildman–Crippen MR) is 134 cm³/mol. The highest BCUT2D eigenvalue weighted by Gasteiger charge is 2.68. The van der Waals surface area contributed by atoms with Crippen LogP contribution in [0.5, 0.6) is 0 Å². The lowest BCUT2D eigenvalue weighted by molar-refractivity contribution is -0.155. The number of ketones is 2. The second-order valence-corrected chi connectivity index (χ2v) is 11.4. The first kappa shape index (κ1) is 27.2. The molecule has 9 heteroatoms. The predicted octanol–water partition coefficient (Wildman–Crippen LogP) is 3.05. The van der Waals surface area contributed by atoms with Crippen molar-refractivity contribution in [1.82, 2.24) is 0 Å². The zero-order valence-corrected chi connectivity index (χ0v) is 22.0. The Hall–Kier alpha value is -2.81. The number of aliphatic hydroxyl groups excluding tert-OH is 1. The summed E-state index contributed by atoms with van der Waals surface area (Å²) in [7, 11) is 1.48. The van der Waals surface area contributed by atoms with E-state index < -0.39 is 41.0 Å². The molecule has 37 heavy (non-hydrogen) atoms. The Morgan fingerprint density at radius 2 is 1.95 bits per heavy atom. The first-order valence-electron chi connectivity index (χ1n) is 13.0. The number of nitrogens with zero attached hydrogens (tertiary/aromatic N) is 1. The van der Waals surface area contributed by atoms with E-state index in [0.717, 1.165) is 12.0 Å². The van der Waals surface area contributed by atoms with Gasteiger partial charge in [0.05, 0.1) is 26.1 Å². The van der Waals surface area contributed by atoms with E-state index in [0.29, 0.717) is 31.6 Å². The molecule has 0 aromatic heterocycles. The Labute approximate surface area is 217 Å². The van der Waals surface area contributed by atoms with E-state index in [1.54, 1.807) is 13.0 Å². The fraction of sp³-hybridized carbons (Fsp3) is 0.679. The molecule has 2 fully saturated rings. The van der Waals surface area contributed by atoms with Crippen molar-refractivity contribution >= 4 is 29.4 Å². The Morgan fingerprint density at radius 1 is 1.22 bits per heavy atom. The van der Waals surface area contributed by atoms with Gasteiger partial charge in [0.1, 0.15) is 5.54 Å². The molecule has 2 saturated carbocycles. The molecule has 4 aliphatic carbocycles. The Balaban J connectivity index is 1.66. The fourth-order valence-corrected chi connectivity index (χ4v) is 7.80. The van der Waals surface area contributed by atoms with E-state index in [2.05, 4.69) is 13.0 Å². The summed E-state index contributed by atoms with van der Waals surface area (Å²) in [5, 5.41) is 20.5. The van der Waals surface area contributed by atoms with E-state index in [1.807, 2.05) is 13.0 Å². The van der Waals surface area contributed by atoms with Crippen LogP contribution in [0.1, 0.15) is 65.7 Å². The number of carboxylic acid groups (broad SMARTS) is 1. The number of hydrogen-bond acceptors (Lipinski definition) is 8. The number of Topliss-reactive ketones (excluding diaryl/α,β-unsaturated/α-hetero) is 1. The minimum atomic E-state index is -1.25. The molecule has 0 aromatic carbocycles. The highest BCUT2D eigenvalue weighted by atomic mass is 16.5. The summed E-state index contributed by atoms with van der Waals surface area (Å²) in [6.07, 6.45) is 6.89. The molecule has 0 amide bonds. The SMILES string of the molecule is COC(C)=N[C@]1(C(=O)COC(=O)CCC(=O)O)CCC2C3CC=C4CC(=O)C=C[C@]4(C)C3[C@@H](O)C[C@@]21C. The second kappa shape index (κ2) is 9.82. The summed E-state index contributed by atoms with van der Waals surface area (Å²) in [6, 6.07) is 0. The lowest BCUT2D eigenvalue weighted by Gasteiger charge is -2.59. The summed E-state index contributed by atoms with van der Waals surface area (Å²) < 4.78 is 10.5. The number of allylic oxidation sites excluding steroid dienone is 4. The molecule has 9 nitrogen and oxygen atoms in total. The van der Waals surface area contributed by atoms with Crippen LogP contribution < -0.4 is 0 Å². The molecule has 202 valence electrons. The minimum Gasteiger partial charge on any atom is -0.484 e. The smallest absolute Gasteiger partial charge is 0.306 e. The van der Waals surface area contributed by atoms with Gasteiger partial charge in [0.2, 0.25) is 0 Å². The summed E-state index contributed by atoms with van der Waals surface area (Å²) in [5.41, 5.74) is -1.32. The van der Waals surface area contributed by atoms with Crippen molar-refractivity contribution in [3.05, 3.63) is 23.8 Å². The van der Waals surface area contributed by atoms with Crippen LogP contribution in [0.15, 0.2) is 28.8 Å². The highest BCUT2D eigenvalue weighted by Crippen LogP contribution is 2.67. The van der Waals surface area contributed by atoms with Crippen LogP contribution >= 0.6 is 0 Å². The summed E-state index contributed by atoms with van der Waals surface area (Å²) >= 11 is 0. The maximum absolute atomic E-state index is 13.8. The Morgan fingerprint density at radius 3 is 2.62 bits per heavy atom. The monoisotopic (exact) mass is 515 g/mol. The highest BCUT2D eigenvalue weighted by molar-refractivity contribution is 5.95. The van der Waals surface area contributed by atoms with Crippen molar-refractivity contribution in [2.75, 3.05) is 13.7 Å². The van der Waals surface area contributed by atoms with Crippen LogP contribution in [0.2, 0.25) is 0 Å². The molecule has 0 aromatic rings. The second-order valence-electron chi connectivity index (χ2n) is 11.4. The average molecular weight is 516 g/mol. The zero-order valence-electron chi connectivity index (χ0n) is 22.0. The minimum absolute atomic E-state index is 0.0709. The standard InChI is InChI=1S/C28H37NO8/c1-16(36-4)29-28(22(32)15-37-24(35)8-7-23(33)34)12-10-20-19-6-5-17-13-18(30)9-11-26(17,2)25(19)21(31)14-27(20,28)3/h5,9,11,19-21,25,31H,6-8,10,12-15H2,1-4H3,(H,33,34)/t19?,20?,21-,25?,26-,27-,28-/m0/s1. The first-order chi connectivity index (χ1) is 17.4. The van der Waals surface area contributed by atoms with Gasteiger partial charge < -0.3 is 19.7 Å². The largest absolute Gasteiger partial charge is 0.484 e. The van der Waals surface area contributed by atoms with E-state index in [-0.39, 0.29) is 42.2 Å². The van der Waals surface area contributed by atoms with Crippen LogP contribution in [0.25, 0.3) is 0 Å². The van der Waals surface area contributed by atoms with Crippen molar-refractivity contribution < 1.29 is 38.9 Å². The molecular formula is C28H37NO8. The van der Waals surface area contributed by atoms with Gasteiger partial charge in [-0.2, -0.15) is 0 Å². The van der Waals surface area contributed by atoms with E-state index in [1.165, 1.54) is 7.11 Å². The molecule has 4 aliphatic rings. The topological polar surface area (TPSA) is 140 Å². The van der Waals surface area contributed by atoms with Crippen molar-refractivity contribution in [3.8, 4) is 0 Å². The number of aliphatic hydroxyl groups is 1. The van der Waals surface area contributed by atoms with E-state index in [9.17, 15) is 24.3 Å². The summed E-state index contributed by atoms with van der Waals surface area (Å²) in [5.74, 6) is -1.76. The molecule has 3 unspecified atom stereocenters. The van der Waals surface area contributed by atoms with Gasteiger partial charge in [0.25, 0.3) is 0 Å². The summed E-state index contributed by atoms with van der Waals surface area (Å²) in [4.78, 5) is 53.5. The normalized spacial score (nSPS) is 38.7. The molecular weight excluding hydrogens is 478 g/mol. The molecule has 2 N–H and O–H groups in total. The Kier molecular flexibility index (Phi) is 7.22. The molecule has 0 spiro atoms. The lowest BCUT2D eigenvalue weighted by Crippen LogP contribution is -2.61. The van der Waals surface area contributed by atoms with Crippen LogP contribution in [-0.4, -0.2) is 65.0 Å². The number of ether oxygens (including phenoxy) is 2. The van der Waals surface area contributed by atoms with Crippen LogP contribution in [0, 0.1) is 28.6 Å². The van der Waals surface area contributed by atoms with Crippen molar-refractivity contribution in [2.24, 2.45) is 33.6 Å². The third-order valence-corrected chi connectivity index (χ3v) is 9.62. The van der Waals surface area contributed by atoms with Gasteiger partial charge >= 0.3 is 11.9 Å². The van der Waals surface area contributed by atoms with Gasteiger partial charge in [0, 0.05) is 30.1 Å². The first-order valence-corrected chi connectivity index (χ1v) is 13.0.